The van der Waals surface area contributed by atoms with Crippen molar-refractivity contribution >= 4 is 34.3 Å². The van der Waals surface area contributed by atoms with E-state index >= 15 is 0 Å². The van der Waals surface area contributed by atoms with Gasteiger partial charge in [-0.3, -0.25) is 0 Å². The van der Waals surface area contributed by atoms with Crippen LogP contribution in [0.4, 0.5) is 16.2 Å². The van der Waals surface area contributed by atoms with Gasteiger partial charge in [-0.1, -0.05) is 29.8 Å². The van der Waals surface area contributed by atoms with Gasteiger partial charge < -0.3 is 15.5 Å². The van der Waals surface area contributed by atoms with Crippen LogP contribution >= 0.6 is 11.6 Å². The van der Waals surface area contributed by atoms with Crippen LogP contribution in [0, 0.1) is 12.7 Å². The average molecular weight is 383 g/mol. The van der Waals surface area contributed by atoms with Gasteiger partial charge >= 0.3 is 0 Å². The molecule has 5 nitrogen and oxygen atoms in total. The van der Waals surface area contributed by atoms with E-state index in [9.17, 15) is 4.39 Å². The van der Waals surface area contributed by atoms with Crippen molar-refractivity contribution in [3.8, 4) is 11.1 Å². The van der Waals surface area contributed by atoms with Gasteiger partial charge in [0, 0.05) is 0 Å². The molecule has 2 aromatic heterocycles. The number of hydrogen-bond acceptors (Lipinski definition) is 5. The van der Waals surface area contributed by atoms with Gasteiger partial charge in [-0.2, -0.15) is 4.98 Å². The zero-order valence-electron chi connectivity index (χ0n) is 14.5. The van der Waals surface area contributed by atoms with E-state index < -0.39 is 5.82 Å². The van der Waals surface area contributed by atoms with Gasteiger partial charge in [0.05, 0.1) is 22.5 Å². The van der Waals surface area contributed by atoms with Crippen molar-refractivity contribution in [3.63, 3.8) is 0 Å². The minimum atomic E-state index is -0.465. The Morgan fingerprint density at radius 2 is 2.00 bits per heavy atom. The van der Waals surface area contributed by atoms with Crippen LogP contribution in [0.15, 0.2) is 52.9 Å². The highest BCUT2D eigenvalue weighted by atomic mass is 35.5. The molecule has 0 saturated heterocycles. The van der Waals surface area contributed by atoms with E-state index in [0.29, 0.717) is 17.9 Å². The molecule has 7 heteroatoms. The van der Waals surface area contributed by atoms with Crippen LogP contribution in [0.1, 0.15) is 11.5 Å². The SMILES string of the molecule is Cc1ccc(CNc2nc(N)nc3cccc(-c4ccc(F)c(Cl)c4)c23)o1. The van der Waals surface area contributed by atoms with Crippen LogP contribution in [0.2, 0.25) is 5.02 Å². The number of anilines is 2. The molecule has 0 unspecified atom stereocenters. The molecule has 0 aliphatic rings. The molecule has 0 spiro atoms. The number of halogens is 2. The Kier molecular flexibility index (Phi) is 4.41. The number of aromatic nitrogens is 2. The summed E-state index contributed by atoms with van der Waals surface area (Å²) in [5.41, 5.74) is 8.14. The van der Waals surface area contributed by atoms with E-state index in [4.69, 9.17) is 21.8 Å². The third-order valence-corrected chi connectivity index (χ3v) is 4.49. The van der Waals surface area contributed by atoms with Crippen molar-refractivity contribution in [3.05, 3.63) is 70.9 Å². The maximum atomic E-state index is 13.6. The van der Waals surface area contributed by atoms with Crippen LogP contribution < -0.4 is 11.1 Å². The van der Waals surface area contributed by atoms with E-state index in [2.05, 4.69) is 15.3 Å². The van der Waals surface area contributed by atoms with E-state index in [0.717, 1.165) is 28.0 Å². The number of nitrogens with zero attached hydrogens (tertiary/aromatic N) is 2. The van der Waals surface area contributed by atoms with Crippen LogP contribution in [0.3, 0.4) is 0 Å². The van der Waals surface area contributed by atoms with Crippen LogP contribution in [-0.2, 0) is 6.54 Å². The number of nitrogen functional groups attached to an aromatic ring is 1. The average Bonchev–Trinajstić information content (AvgIpc) is 3.06. The summed E-state index contributed by atoms with van der Waals surface area (Å²) in [7, 11) is 0. The molecule has 2 heterocycles. The molecule has 0 fully saturated rings. The molecule has 4 aromatic rings. The van der Waals surface area contributed by atoms with E-state index in [1.807, 2.05) is 37.3 Å². The first-order chi connectivity index (χ1) is 13.0. The normalized spacial score (nSPS) is 11.1. The minimum absolute atomic E-state index is 0.0569. The summed E-state index contributed by atoms with van der Waals surface area (Å²) in [5.74, 6) is 1.88. The van der Waals surface area contributed by atoms with Crippen LogP contribution in [-0.4, -0.2) is 9.97 Å². The lowest BCUT2D eigenvalue weighted by Crippen LogP contribution is -2.05. The molecular formula is C20H16ClFN4O. The van der Waals surface area contributed by atoms with Gasteiger partial charge in [-0.25, -0.2) is 9.37 Å². The summed E-state index contributed by atoms with van der Waals surface area (Å²) in [6.07, 6.45) is 0. The monoisotopic (exact) mass is 382 g/mol. The molecule has 0 radical (unpaired) electrons. The quantitative estimate of drug-likeness (QED) is 0.508. The smallest absolute Gasteiger partial charge is 0.222 e. The Balaban J connectivity index is 1.83. The molecule has 0 saturated carbocycles. The summed E-state index contributed by atoms with van der Waals surface area (Å²) in [5, 5.41) is 4.09. The van der Waals surface area contributed by atoms with E-state index in [1.165, 1.54) is 6.07 Å². The lowest BCUT2D eigenvalue weighted by molar-refractivity contribution is 0.490. The Hall–Kier alpha value is -3.12. The number of hydrogen-bond donors (Lipinski definition) is 2. The Labute approximate surface area is 160 Å². The molecular weight excluding hydrogens is 367 g/mol. The largest absolute Gasteiger partial charge is 0.465 e. The van der Waals surface area contributed by atoms with Gasteiger partial charge in [-0.05, 0) is 48.4 Å². The molecule has 136 valence electrons. The Morgan fingerprint density at radius 1 is 1.15 bits per heavy atom. The van der Waals surface area contributed by atoms with Crippen molar-refractivity contribution in [2.24, 2.45) is 0 Å². The molecule has 2 aromatic carbocycles. The van der Waals surface area contributed by atoms with Crippen molar-refractivity contribution in [1.29, 1.82) is 0 Å². The number of nitrogens with one attached hydrogen (secondary N) is 1. The highest BCUT2D eigenvalue weighted by molar-refractivity contribution is 6.31. The lowest BCUT2D eigenvalue weighted by Gasteiger charge is -2.13. The molecule has 0 bridgehead atoms. The number of aryl methyl sites for hydroxylation is 1. The predicted octanol–water partition coefficient (Wildman–Crippen LogP) is 5.19. The van der Waals surface area contributed by atoms with Crippen LogP contribution in [0.5, 0.6) is 0 Å². The first kappa shape index (κ1) is 17.3. The van der Waals surface area contributed by atoms with Crippen LogP contribution in [0.25, 0.3) is 22.0 Å². The second-order valence-electron chi connectivity index (χ2n) is 6.12. The zero-order chi connectivity index (χ0) is 19.0. The standard InChI is InChI=1S/C20H16ClFN4O/c1-11-5-7-13(27-11)10-24-19-18-14(12-6-8-16(22)15(21)9-12)3-2-4-17(18)25-20(23)26-19/h2-9H,10H2,1H3,(H3,23,24,25,26). The van der Waals surface area contributed by atoms with Crippen molar-refractivity contribution in [2.75, 3.05) is 11.1 Å². The number of furan rings is 1. The molecule has 3 N–H and O–H groups in total. The van der Waals surface area contributed by atoms with E-state index in [-0.39, 0.29) is 11.0 Å². The number of rotatable bonds is 4. The number of benzene rings is 2. The number of nitrogens with two attached hydrogens (primary N) is 1. The predicted molar refractivity (Wildman–Crippen MR) is 105 cm³/mol. The van der Waals surface area contributed by atoms with Crippen molar-refractivity contribution in [2.45, 2.75) is 13.5 Å². The summed E-state index contributed by atoms with van der Waals surface area (Å²) in [6.45, 7) is 2.33. The second kappa shape index (κ2) is 6.89. The van der Waals surface area contributed by atoms with Crippen molar-refractivity contribution in [1.82, 2.24) is 9.97 Å². The lowest BCUT2D eigenvalue weighted by atomic mass is 10.0. The molecule has 0 atom stereocenters. The van der Waals surface area contributed by atoms with Crippen molar-refractivity contribution < 1.29 is 8.81 Å². The third-order valence-electron chi connectivity index (χ3n) is 4.20. The highest BCUT2D eigenvalue weighted by Crippen LogP contribution is 2.34. The summed E-state index contributed by atoms with van der Waals surface area (Å²) < 4.78 is 19.2. The first-order valence-electron chi connectivity index (χ1n) is 8.32. The summed E-state index contributed by atoms with van der Waals surface area (Å²) in [4.78, 5) is 8.67. The highest BCUT2D eigenvalue weighted by Gasteiger charge is 2.14. The molecule has 4 rings (SSSR count). The molecule has 27 heavy (non-hydrogen) atoms. The Bertz CT molecular complexity index is 1140. The van der Waals surface area contributed by atoms with Gasteiger partial charge in [0.2, 0.25) is 5.95 Å². The van der Waals surface area contributed by atoms with E-state index in [1.54, 1.807) is 12.1 Å². The first-order valence-corrected chi connectivity index (χ1v) is 8.70. The topological polar surface area (TPSA) is 77.0 Å². The second-order valence-corrected chi connectivity index (χ2v) is 6.53. The number of fused-ring (bicyclic) bond motifs is 1. The minimum Gasteiger partial charge on any atom is -0.465 e. The fraction of sp³-hybridized carbons (Fsp3) is 0.100. The molecule has 0 aliphatic heterocycles. The van der Waals surface area contributed by atoms with Gasteiger partial charge in [0.15, 0.2) is 0 Å². The maximum absolute atomic E-state index is 13.6. The van der Waals surface area contributed by atoms with Gasteiger partial charge in [-0.15, -0.1) is 0 Å². The summed E-state index contributed by atoms with van der Waals surface area (Å²) in [6, 6.07) is 14.0. The fourth-order valence-electron chi connectivity index (χ4n) is 2.98. The zero-order valence-corrected chi connectivity index (χ0v) is 15.2. The summed E-state index contributed by atoms with van der Waals surface area (Å²) >= 11 is 5.97. The van der Waals surface area contributed by atoms with Gasteiger partial charge in [0.25, 0.3) is 0 Å². The maximum Gasteiger partial charge on any atom is 0.222 e. The molecule has 0 amide bonds. The molecule has 0 aliphatic carbocycles. The third kappa shape index (κ3) is 3.44. The Morgan fingerprint density at radius 3 is 2.74 bits per heavy atom. The van der Waals surface area contributed by atoms with Gasteiger partial charge in [0.1, 0.15) is 23.2 Å². The fourth-order valence-corrected chi connectivity index (χ4v) is 3.16.